The summed E-state index contributed by atoms with van der Waals surface area (Å²) in [5, 5.41) is 0.104. The van der Waals surface area contributed by atoms with Crippen molar-refractivity contribution in [1.29, 1.82) is 0 Å². The molecule has 150 valence electrons. The van der Waals surface area contributed by atoms with Gasteiger partial charge in [0.25, 0.3) is 0 Å². The minimum atomic E-state index is -0.575. The minimum absolute atomic E-state index is 0.109. The number of rotatable bonds is 4. The highest BCUT2D eigenvalue weighted by Crippen LogP contribution is 2.29. The second-order valence-electron chi connectivity index (χ2n) is 6.30. The summed E-state index contributed by atoms with van der Waals surface area (Å²) in [4.78, 5) is 37.2. The molecule has 1 amide bonds. The Morgan fingerprint density at radius 2 is 1.68 bits per heavy atom. The molecule has 1 aliphatic rings. The summed E-state index contributed by atoms with van der Waals surface area (Å²) in [6.07, 6.45) is 0. The van der Waals surface area contributed by atoms with Gasteiger partial charge < -0.3 is 14.5 Å². The smallest absolute Gasteiger partial charge is 0.360 e. The third-order valence-electron chi connectivity index (χ3n) is 4.39. The van der Waals surface area contributed by atoms with Gasteiger partial charge in [-0.05, 0) is 26.0 Å². The van der Waals surface area contributed by atoms with E-state index in [0.717, 1.165) is 0 Å². The summed E-state index contributed by atoms with van der Waals surface area (Å²) in [6.45, 7) is 5.51. The highest BCUT2D eigenvalue weighted by molar-refractivity contribution is 6.42. The summed E-state index contributed by atoms with van der Waals surface area (Å²) >= 11 is 18.1. The van der Waals surface area contributed by atoms with Crippen LogP contribution in [0.25, 0.3) is 11.0 Å². The van der Waals surface area contributed by atoms with E-state index in [1.165, 1.54) is 0 Å². The van der Waals surface area contributed by atoms with Crippen molar-refractivity contribution < 1.29 is 14.3 Å². The lowest BCUT2D eigenvalue weighted by molar-refractivity contribution is -0.130. The van der Waals surface area contributed by atoms with Crippen LogP contribution in [0.15, 0.2) is 12.1 Å². The lowest BCUT2D eigenvalue weighted by Gasteiger charge is -2.36. The van der Waals surface area contributed by atoms with Crippen LogP contribution in [0.2, 0.25) is 10.0 Å². The van der Waals surface area contributed by atoms with E-state index in [1.807, 2.05) is 4.90 Å². The Morgan fingerprint density at radius 3 is 2.21 bits per heavy atom. The van der Waals surface area contributed by atoms with E-state index in [2.05, 4.69) is 9.97 Å². The molecule has 0 saturated carbocycles. The van der Waals surface area contributed by atoms with Gasteiger partial charge in [0.15, 0.2) is 11.5 Å². The Hall–Kier alpha value is -1.83. The number of fused-ring (bicyclic) bond motifs is 1. The SMILES string of the molecule is CCOC(=O)c1nc2cc(Cl)c(Cl)cc2nc1N1CCN(C(=O)C(C)Cl)CC1. The van der Waals surface area contributed by atoms with Crippen molar-refractivity contribution in [3.63, 3.8) is 0 Å². The van der Waals surface area contributed by atoms with Gasteiger partial charge in [0.05, 0.1) is 27.7 Å². The second-order valence-corrected chi connectivity index (χ2v) is 7.77. The number of halogens is 3. The highest BCUT2D eigenvalue weighted by Gasteiger charge is 2.28. The van der Waals surface area contributed by atoms with Gasteiger partial charge in [-0.1, -0.05) is 23.2 Å². The maximum atomic E-state index is 12.5. The van der Waals surface area contributed by atoms with Crippen LogP contribution in [-0.4, -0.2) is 64.9 Å². The number of nitrogens with zero attached hydrogens (tertiary/aromatic N) is 4. The van der Waals surface area contributed by atoms with Crippen molar-refractivity contribution in [2.24, 2.45) is 0 Å². The fourth-order valence-electron chi connectivity index (χ4n) is 2.99. The summed E-state index contributed by atoms with van der Waals surface area (Å²) in [7, 11) is 0. The fourth-order valence-corrected chi connectivity index (χ4v) is 3.44. The van der Waals surface area contributed by atoms with E-state index >= 15 is 0 Å². The van der Waals surface area contributed by atoms with Gasteiger partial charge in [0, 0.05) is 26.2 Å². The number of carbonyl (C=O) groups excluding carboxylic acids is 2. The second kappa shape index (κ2) is 8.68. The summed E-state index contributed by atoms with van der Waals surface area (Å²) in [6, 6.07) is 3.18. The van der Waals surface area contributed by atoms with Crippen LogP contribution in [0.5, 0.6) is 0 Å². The fraction of sp³-hybridized carbons (Fsp3) is 0.444. The Bertz CT molecular complexity index is 915. The van der Waals surface area contributed by atoms with Gasteiger partial charge in [-0.3, -0.25) is 4.79 Å². The molecule has 3 rings (SSSR count). The molecule has 2 aromatic rings. The highest BCUT2D eigenvalue weighted by atomic mass is 35.5. The third-order valence-corrected chi connectivity index (χ3v) is 5.30. The van der Waals surface area contributed by atoms with Crippen LogP contribution in [0.4, 0.5) is 5.82 Å². The molecule has 1 unspecified atom stereocenters. The van der Waals surface area contributed by atoms with Gasteiger partial charge in [0.1, 0.15) is 5.38 Å². The van der Waals surface area contributed by atoms with E-state index < -0.39 is 11.3 Å². The molecule has 28 heavy (non-hydrogen) atoms. The normalized spacial score (nSPS) is 15.6. The van der Waals surface area contributed by atoms with E-state index in [-0.39, 0.29) is 18.2 Å². The van der Waals surface area contributed by atoms with Crippen molar-refractivity contribution in [1.82, 2.24) is 14.9 Å². The Kier molecular flexibility index (Phi) is 6.47. The van der Waals surface area contributed by atoms with Crippen molar-refractivity contribution in [3.05, 3.63) is 27.9 Å². The van der Waals surface area contributed by atoms with Crippen molar-refractivity contribution in [2.45, 2.75) is 19.2 Å². The predicted molar refractivity (Wildman–Crippen MR) is 110 cm³/mol. The van der Waals surface area contributed by atoms with Crippen molar-refractivity contribution in [3.8, 4) is 0 Å². The number of carbonyl (C=O) groups is 2. The number of alkyl halides is 1. The van der Waals surface area contributed by atoms with Crippen LogP contribution >= 0.6 is 34.8 Å². The summed E-state index contributed by atoms with van der Waals surface area (Å²) in [5.74, 6) is -0.279. The zero-order valence-electron chi connectivity index (χ0n) is 15.4. The number of piperazine rings is 1. The lowest BCUT2D eigenvalue weighted by atomic mass is 10.2. The maximum absolute atomic E-state index is 12.5. The molecule has 1 fully saturated rings. The molecule has 7 nitrogen and oxygen atoms in total. The summed E-state index contributed by atoms with van der Waals surface area (Å²) < 4.78 is 5.14. The number of anilines is 1. The molecule has 0 spiro atoms. The zero-order valence-corrected chi connectivity index (χ0v) is 17.7. The molecule has 10 heteroatoms. The predicted octanol–water partition coefficient (Wildman–Crippen LogP) is 3.39. The largest absolute Gasteiger partial charge is 0.461 e. The molecule has 1 aromatic carbocycles. The van der Waals surface area contributed by atoms with Crippen LogP contribution in [0.1, 0.15) is 24.3 Å². The monoisotopic (exact) mass is 444 g/mol. The molecule has 1 aromatic heterocycles. The van der Waals surface area contributed by atoms with Crippen LogP contribution < -0.4 is 4.90 Å². The molecular weight excluding hydrogens is 427 g/mol. The number of benzene rings is 1. The molecule has 0 aliphatic carbocycles. The molecule has 0 radical (unpaired) electrons. The molecule has 1 atom stereocenters. The molecule has 1 saturated heterocycles. The number of hydrogen-bond donors (Lipinski definition) is 0. The van der Waals surface area contributed by atoms with Crippen molar-refractivity contribution in [2.75, 3.05) is 37.7 Å². The minimum Gasteiger partial charge on any atom is -0.461 e. The first-order valence-corrected chi connectivity index (χ1v) is 10.0. The van der Waals surface area contributed by atoms with Gasteiger partial charge in [-0.15, -0.1) is 11.6 Å². The van der Waals surface area contributed by atoms with Crippen molar-refractivity contribution >= 4 is 63.5 Å². The molecule has 2 heterocycles. The Balaban J connectivity index is 1.96. The first-order valence-electron chi connectivity index (χ1n) is 8.83. The maximum Gasteiger partial charge on any atom is 0.360 e. The van der Waals surface area contributed by atoms with Gasteiger partial charge in [0.2, 0.25) is 5.91 Å². The van der Waals surface area contributed by atoms with Crippen LogP contribution in [0, 0.1) is 0 Å². The first-order chi connectivity index (χ1) is 13.3. The molecular formula is C18H19Cl3N4O3. The first kappa shape index (κ1) is 20.9. The van der Waals surface area contributed by atoms with E-state index in [0.29, 0.717) is 53.1 Å². The number of ether oxygens (including phenoxy) is 1. The van der Waals surface area contributed by atoms with E-state index in [1.54, 1.807) is 30.9 Å². The van der Waals surface area contributed by atoms with Gasteiger partial charge in [-0.2, -0.15) is 0 Å². The van der Waals surface area contributed by atoms with Gasteiger partial charge >= 0.3 is 5.97 Å². The zero-order chi connectivity index (χ0) is 20.4. The average molecular weight is 446 g/mol. The molecule has 0 N–H and O–H groups in total. The lowest BCUT2D eigenvalue weighted by Crippen LogP contribution is -2.51. The van der Waals surface area contributed by atoms with Crippen LogP contribution in [-0.2, 0) is 9.53 Å². The van der Waals surface area contributed by atoms with E-state index in [4.69, 9.17) is 39.5 Å². The quantitative estimate of drug-likeness (QED) is 0.530. The van der Waals surface area contributed by atoms with Crippen LogP contribution in [0.3, 0.4) is 0 Å². The third kappa shape index (κ3) is 4.26. The standard InChI is InChI=1S/C18H19Cl3N4O3/c1-3-28-18(27)15-16(23-14-9-12(21)11(20)8-13(14)22-15)24-4-6-25(7-5-24)17(26)10(2)19/h8-10H,3-7H2,1-2H3. The Labute approximate surface area is 177 Å². The number of hydrogen-bond acceptors (Lipinski definition) is 6. The number of amides is 1. The number of esters is 1. The Morgan fingerprint density at radius 1 is 1.11 bits per heavy atom. The number of aromatic nitrogens is 2. The van der Waals surface area contributed by atoms with Gasteiger partial charge in [-0.25, -0.2) is 14.8 Å². The average Bonchev–Trinajstić information content (AvgIpc) is 2.67. The topological polar surface area (TPSA) is 75.6 Å². The summed E-state index contributed by atoms with van der Waals surface area (Å²) in [5.41, 5.74) is 1.08. The molecule has 1 aliphatic heterocycles. The van der Waals surface area contributed by atoms with E-state index in [9.17, 15) is 9.59 Å². The molecule has 0 bridgehead atoms.